The molecule has 0 bridgehead atoms. The molecule has 0 saturated carbocycles. The predicted molar refractivity (Wildman–Crippen MR) is 367 cm³/mol. The smallest absolute Gasteiger partial charge is 0.462 e. The van der Waals surface area contributed by atoms with E-state index in [1.54, 1.807) is 0 Å². The Labute approximate surface area is 556 Å². The number of unbranched alkanes of at least 4 members (excludes halogenated alkanes) is 35. The van der Waals surface area contributed by atoms with Crippen LogP contribution in [0.15, 0.2) is 0 Å². The zero-order chi connectivity index (χ0) is 67.5. The van der Waals surface area contributed by atoms with E-state index in [2.05, 4.69) is 55.4 Å². The van der Waals surface area contributed by atoms with Crippen molar-refractivity contribution < 1.29 is 80.2 Å². The average molecular weight is 1340 g/mol. The Morgan fingerprint density at radius 1 is 0.275 bits per heavy atom. The van der Waals surface area contributed by atoms with Gasteiger partial charge in [0.05, 0.1) is 26.4 Å². The fraction of sp³-hybridized carbons (Fsp3) is 0.944. The Morgan fingerprint density at radius 2 is 0.462 bits per heavy atom. The van der Waals surface area contributed by atoms with E-state index < -0.39 is 97.5 Å². The van der Waals surface area contributed by atoms with Crippen LogP contribution in [0.2, 0.25) is 0 Å². The van der Waals surface area contributed by atoms with Gasteiger partial charge in [-0.05, 0) is 49.4 Å². The first kappa shape index (κ1) is 89.1. The van der Waals surface area contributed by atoms with Gasteiger partial charge in [-0.2, -0.15) is 0 Å². The number of aliphatic hydroxyl groups is 1. The minimum atomic E-state index is -4.95. The number of phosphoric ester groups is 2. The normalized spacial score (nSPS) is 14.2. The van der Waals surface area contributed by atoms with Crippen molar-refractivity contribution in [3.8, 4) is 0 Å². The zero-order valence-electron chi connectivity index (χ0n) is 59.5. The summed E-state index contributed by atoms with van der Waals surface area (Å²) in [6.45, 7) is 14.1. The lowest BCUT2D eigenvalue weighted by atomic mass is 10.0. The Bertz CT molecular complexity index is 1800. The molecule has 0 aromatic rings. The molecular weight excluding hydrogens is 1200 g/mol. The molecule has 17 nitrogen and oxygen atoms in total. The van der Waals surface area contributed by atoms with E-state index in [1.165, 1.54) is 154 Å². The maximum absolute atomic E-state index is 13.0. The Balaban J connectivity index is 5.22. The van der Waals surface area contributed by atoms with Gasteiger partial charge in [0.2, 0.25) is 0 Å². The number of esters is 4. The van der Waals surface area contributed by atoms with Crippen molar-refractivity contribution in [2.75, 3.05) is 39.6 Å². The van der Waals surface area contributed by atoms with E-state index >= 15 is 0 Å². The third kappa shape index (κ3) is 66.5. The lowest BCUT2D eigenvalue weighted by Gasteiger charge is -2.21. The molecule has 0 aliphatic rings. The third-order valence-electron chi connectivity index (χ3n) is 16.6. The second-order valence-corrected chi connectivity index (χ2v) is 30.8. The monoisotopic (exact) mass is 1340 g/mol. The first-order valence-corrected chi connectivity index (χ1v) is 40.2. The summed E-state index contributed by atoms with van der Waals surface area (Å²) in [5.41, 5.74) is 0. The standard InChI is InChI=1S/C72H140O17P2/c1-62(2)48-40-32-24-17-14-12-10-9-11-13-15-19-29-38-46-54-71(76)88-68(59-83-70(75)53-45-37-31-23-27-35-43-51-65(7)8)61-87-91(80,81)85-57-66(73)56-84-90(78,79)86-60-67(58-82-69(74)52-44-36-28-22-21-26-34-42-50-64(5)6)89-72(77)55-47-39-30-20-16-18-25-33-41-49-63(3)4/h62-68,73H,9-61H2,1-8H3,(H,78,79)(H,80,81)/t66?,67-,68-/m1/s1. The van der Waals surface area contributed by atoms with Gasteiger partial charge in [-0.25, -0.2) is 9.13 Å². The molecule has 0 aliphatic carbocycles. The maximum atomic E-state index is 13.0. The first-order valence-electron chi connectivity index (χ1n) is 37.2. The van der Waals surface area contributed by atoms with Gasteiger partial charge in [0.25, 0.3) is 0 Å². The van der Waals surface area contributed by atoms with E-state index in [-0.39, 0.29) is 25.7 Å². The number of phosphoric acid groups is 2. The number of rotatable bonds is 69. The van der Waals surface area contributed by atoms with Gasteiger partial charge in [0, 0.05) is 25.7 Å². The second kappa shape index (κ2) is 61.6. The largest absolute Gasteiger partial charge is 0.472 e. The Kier molecular flexibility index (Phi) is 60.3. The number of hydrogen-bond acceptors (Lipinski definition) is 15. The quantitative estimate of drug-likeness (QED) is 0.0222. The predicted octanol–water partition coefficient (Wildman–Crippen LogP) is 20.5. The molecule has 5 atom stereocenters. The Morgan fingerprint density at radius 3 is 0.681 bits per heavy atom. The third-order valence-corrected chi connectivity index (χ3v) is 18.5. The van der Waals surface area contributed by atoms with Crippen molar-refractivity contribution in [1.29, 1.82) is 0 Å². The molecule has 0 aromatic heterocycles. The molecule has 0 aliphatic heterocycles. The highest BCUT2D eigenvalue weighted by molar-refractivity contribution is 7.47. The van der Waals surface area contributed by atoms with E-state index in [0.717, 1.165) is 114 Å². The van der Waals surface area contributed by atoms with Crippen LogP contribution < -0.4 is 0 Å². The van der Waals surface area contributed by atoms with Gasteiger partial charge < -0.3 is 33.8 Å². The first-order chi connectivity index (χ1) is 43.6. The van der Waals surface area contributed by atoms with E-state index in [0.29, 0.717) is 31.6 Å². The molecule has 0 radical (unpaired) electrons. The summed E-state index contributed by atoms with van der Waals surface area (Å²) >= 11 is 0. The molecule has 3 unspecified atom stereocenters. The van der Waals surface area contributed by atoms with Crippen LogP contribution in [0.4, 0.5) is 0 Å². The number of hydrogen-bond donors (Lipinski definition) is 3. The molecule has 0 heterocycles. The van der Waals surface area contributed by atoms with Crippen molar-refractivity contribution in [3.05, 3.63) is 0 Å². The van der Waals surface area contributed by atoms with Gasteiger partial charge in [-0.15, -0.1) is 0 Å². The highest BCUT2D eigenvalue weighted by Gasteiger charge is 2.30. The number of carbonyl (C=O) groups excluding carboxylic acids is 4. The summed E-state index contributed by atoms with van der Waals surface area (Å²) in [5, 5.41) is 10.6. The van der Waals surface area contributed by atoms with Crippen LogP contribution >= 0.6 is 15.6 Å². The lowest BCUT2D eigenvalue weighted by Crippen LogP contribution is -2.30. The van der Waals surface area contributed by atoms with Crippen molar-refractivity contribution in [2.45, 2.75) is 375 Å². The molecule has 0 aromatic carbocycles. The summed E-state index contributed by atoms with van der Waals surface area (Å²) in [6.07, 6.45) is 44.6. The fourth-order valence-corrected chi connectivity index (χ4v) is 12.4. The van der Waals surface area contributed by atoms with Crippen LogP contribution in [-0.2, 0) is 65.4 Å². The van der Waals surface area contributed by atoms with Crippen molar-refractivity contribution in [1.82, 2.24) is 0 Å². The second-order valence-electron chi connectivity index (χ2n) is 27.9. The molecule has 0 rings (SSSR count). The van der Waals surface area contributed by atoms with Crippen molar-refractivity contribution >= 4 is 39.5 Å². The SMILES string of the molecule is CC(C)CCCCCCCCCCCCCCCCCC(=O)O[C@H](COC(=O)CCCCCCCCCC(C)C)COP(=O)(O)OCC(O)COP(=O)(O)OC[C@@H](COC(=O)CCCCCCCCCCC(C)C)OC(=O)CCCCCCCCCCCC(C)C. The van der Waals surface area contributed by atoms with Gasteiger partial charge in [-0.1, -0.05) is 306 Å². The van der Waals surface area contributed by atoms with Crippen LogP contribution in [0.3, 0.4) is 0 Å². The number of aliphatic hydroxyl groups excluding tert-OH is 1. The molecular formula is C72H140O17P2. The maximum Gasteiger partial charge on any atom is 0.472 e. The van der Waals surface area contributed by atoms with Gasteiger partial charge in [-0.3, -0.25) is 37.3 Å². The van der Waals surface area contributed by atoms with E-state index in [9.17, 15) is 43.2 Å². The minimum Gasteiger partial charge on any atom is -0.462 e. The van der Waals surface area contributed by atoms with Crippen LogP contribution in [-0.4, -0.2) is 96.7 Å². The van der Waals surface area contributed by atoms with E-state index in [1.807, 2.05) is 0 Å². The molecule has 0 amide bonds. The molecule has 0 saturated heterocycles. The van der Waals surface area contributed by atoms with Gasteiger partial charge in [0.1, 0.15) is 19.3 Å². The van der Waals surface area contributed by atoms with Crippen LogP contribution in [0.1, 0.15) is 357 Å². The topological polar surface area (TPSA) is 237 Å². The zero-order valence-corrected chi connectivity index (χ0v) is 61.3. The van der Waals surface area contributed by atoms with Crippen molar-refractivity contribution in [2.24, 2.45) is 23.7 Å². The average Bonchev–Trinajstić information content (AvgIpc) is 3.62. The summed E-state index contributed by atoms with van der Waals surface area (Å²) in [7, 11) is -9.91. The van der Waals surface area contributed by atoms with Gasteiger partial charge in [0.15, 0.2) is 12.2 Å². The van der Waals surface area contributed by atoms with E-state index in [4.69, 9.17) is 37.0 Å². The molecule has 0 fully saturated rings. The van der Waals surface area contributed by atoms with Crippen LogP contribution in [0.5, 0.6) is 0 Å². The summed E-state index contributed by atoms with van der Waals surface area (Å²) in [5.74, 6) is 0.842. The van der Waals surface area contributed by atoms with Crippen LogP contribution in [0, 0.1) is 23.7 Å². The number of ether oxygens (including phenoxy) is 4. The summed E-state index contributed by atoms with van der Waals surface area (Å²) < 4.78 is 68.3. The van der Waals surface area contributed by atoms with Gasteiger partial charge >= 0.3 is 39.5 Å². The molecule has 540 valence electrons. The molecule has 3 N–H and O–H groups in total. The lowest BCUT2D eigenvalue weighted by molar-refractivity contribution is -0.161. The van der Waals surface area contributed by atoms with Crippen molar-refractivity contribution in [3.63, 3.8) is 0 Å². The summed E-state index contributed by atoms with van der Waals surface area (Å²) in [6, 6.07) is 0. The summed E-state index contributed by atoms with van der Waals surface area (Å²) in [4.78, 5) is 72.6. The highest BCUT2D eigenvalue weighted by atomic mass is 31.2. The molecule has 19 heteroatoms. The number of carbonyl (C=O) groups is 4. The fourth-order valence-electron chi connectivity index (χ4n) is 10.8. The highest BCUT2D eigenvalue weighted by Crippen LogP contribution is 2.45. The Hall–Kier alpha value is -1.94. The molecule has 91 heavy (non-hydrogen) atoms. The molecule has 0 spiro atoms. The minimum absolute atomic E-state index is 0.104. The van der Waals surface area contributed by atoms with Crippen LogP contribution in [0.25, 0.3) is 0 Å².